The van der Waals surface area contributed by atoms with Gasteiger partial charge in [-0.2, -0.15) is 0 Å². The molecule has 116 valence electrons. The molecule has 0 spiro atoms. The smallest absolute Gasteiger partial charge is 0.317 e. The molecule has 0 aliphatic heterocycles. The van der Waals surface area contributed by atoms with Gasteiger partial charge in [0.15, 0.2) is 5.75 Å². The first-order valence-corrected chi connectivity index (χ1v) is 6.34. The van der Waals surface area contributed by atoms with Gasteiger partial charge < -0.3 is 19.9 Å². The molecule has 0 radical (unpaired) electrons. The van der Waals surface area contributed by atoms with Gasteiger partial charge in [0.25, 0.3) is 0 Å². The van der Waals surface area contributed by atoms with Crippen molar-refractivity contribution in [2.45, 2.75) is 25.9 Å². The summed E-state index contributed by atoms with van der Waals surface area (Å²) in [6, 6.07) is 1.23. The Morgan fingerprint density at radius 2 is 1.95 bits per heavy atom. The van der Waals surface area contributed by atoms with Crippen molar-refractivity contribution in [3.8, 4) is 5.75 Å². The Labute approximate surface area is 120 Å². The fraction of sp³-hybridized carbons (Fsp3) is 0.462. The summed E-state index contributed by atoms with van der Waals surface area (Å²) in [5.41, 5.74) is -0.0323. The average molecular weight is 298 g/mol. The van der Waals surface area contributed by atoms with Gasteiger partial charge in [-0.05, 0) is 13.5 Å². The van der Waals surface area contributed by atoms with Crippen LogP contribution in [0.2, 0.25) is 0 Å². The standard InChI is InChI=1S/C13H18N2O6/c1-14(8-13(20)21)6-9-5-10(16)11(17)7-15(9)4-2-3-12(18)19/h5,7,17H,2-4,6,8H2,1H3,(H,18,19)(H,20,21). The van der Waals surface area contributed by atoms with Crippen LogP contribution in [0.5, 0.6) is 5.75 Å². The second kappa shape index (κ2) is 7.44. The molecule has 1 rings (SSSR count). The summed E-state index contributed by atoms with van der Waals surface area (Å²) in [5, 5.41) is 26.8. The summed E-state index contributed by atoms with van der Waals surface area (Å²) in [7, 11) is 1.59. The fourth-order valence-electron chi connectivity index (χ4n) is 1.91. The Balaban J connectivity index is 2.88. The van der Waals surface area contributed by atoms with E-state index in [-0.39, 0.29) is 19.5 Å². The summed E-state index contributed by atoms with van der Waals surface area (Å²) in [5.74, 6) is -2.34. The molecule has 1 aromatic heterocycles. The largest absolute Gasteiger partial charge is 0.503 e. The van der Waals surface area contributed by atoms with Crippen molar-refractivity contribution in [1.82, 2.24) is 9.47 Å². The van der Waals surface area contributed by atoms with Gasteiger partial charge >= 0.3 is 11.9 Å². The van der Waals surface area contributed by atoms with Crippen LogP contribution in [0.1, 0.15) is 18.5 Å². The van der Waals surface area contributed by atoms with Crippen molar-refractivity contribution in [1.29, 1.82) is 0 Å². The highest BCUT2D eigenvalue weighted by molar-refractivity contribution is 5.69. The van der Waals surface area contributed by atoms with Crippen molar-refractivity contribution in [2.75, 3.05) is 13.6 Å². The molecule has 0 aliphatic carbocycles. The van der Waals surface area contributed by atoms with Crippen LogP contribution < -0.4 is 5.43 Å². The minimum atomic E-state index is -0.990. The third-order valence-corrected chi connectivity index (χ3v) is 2.82. The molecule has 0 aromatic carbocycles. The fourth-order valence-corrected chi connectivity index (χ4v) is 1.91. The first-order chi connectivity index (χ1) is 9.79. The van der Waals surface area contributed by atoms with E-state index in [1.165, 1.54) is 17.2 Å². The molecule has 3 N–H and O–H groups in total. The number of aromatic hydroxyl groups is 1. The molecule has 0 saturated heterocycles. The van der Waals surface area contributed by atoms with Gasteiger partial charge in [0, 0.05) is 31.3 Å². The van der Waals surface area contributed by atoms with Crippen LogP contribution in [0.25, 0.3) is 0 Å². The summed E-state index contributed by atoms with van der Waals surface area (Å²) in [6.07, 6.45) is 1.55. The van der Waals surface area contributed by atoms with E-state index in [1.807, 2.05) is 0 Å². The van der Waals surface area contributed by atoms with Crippen molar-refractivity contribution in [2.24, 2.45) is 0 Å². The second-order valence-corrected chi connectivity index (χ2v) is 4.77. The molecule has 0 aliphatic rings. The van der Waals surface area contributed by atoms with E-state index in [9.17, 15) is 19.5 Å². The van der Waals surface area contributed by atoms with E-state index in [0.29, 0.717) is 18.7 Å². The molecule has 0 unspecified atom stereocenters. The van der Waals surface area contributed by atoms with Crippen LogP contribution in [0.15, 0.2) is 17.1 Å². The molecule has 8 nitrogen and oxygen atoms in total. The molecular weight excluding hydrogens is 280 g/mol. The topological polar surface area (TPSA) is 120 Å². The molecule has 0 saturated carbocycles. The quantitative estimate of drug-likeness (QED) is 0.614. The highest BCUT2D eigenvalue weighted by Crippen LogP contribution is 2.09. The SMILES string of the molecule is CN(CC(=O)O)Cc1cc(=O)c(O)cn1CCCC(=O)O. The molecule has 0 fully saturated rings. The van der Waals surface area contributed by atoms with Gasteiger partial charge in [-0.3, -0.25) is 19.3 Å². The molecule has 0 amide bonds. The average Bonchev–Trinajstić information content (AvgIpc) is 2.33. The number of carboxylic acids is 2. The van der Waals surface area contributed by atoms with E-state index < -0.39 is 23.1 Å². The third kappa shape index (κ3) is 5.65. The minimum absolute atomic E-state index is 0.0305. The number of pyridine rings is 1. The lowest BCUT2D eigenvalue weighted by atomic mass is 10.2. The van der Waals surface area contributed by atoms with E-state index in [0.717, 1.165) is 0 Å². The molecule has 1 aromatic rings. The Kier molecular flexibility index (Phi) is 5.92. The van der Waals surface area contributed by atoms with E-state index in [2.05, 4.69) is 0 Å². The molecule has 8 heteroatoms. The second-order valence-electron chi connectivity index (χ2n) is 4.77. The number of likely N-dealkylation sites (N-methyl/N-ethyl adjacent to an activating group) is 1. The highest BCUT2D eigenvalue weighted by Gasteiger charge is 2.11. The summed E-state index contributed by atoms with van der Waals surface area (Å²) >= 11 is 0. The molecule has 0 atom stereocenters. The first kappa shape index (κ1) is 16.7. The van der Waals surface area contributed by atoms with Crippen LogP contribution >= 0.6 is 0 Å². The zero-order valence-electron chi connectivity index (χ0n) is 11.7. The van der Waals surface area contributed by atoms with Gasteiger partial charge in [-0.15, -0.1) is 0 Å². The van der Waals surface area contributed by atoms with Crippen LogP contribution in [0, 0.1) is 0 Å². The summed E-state index contributed by atoms with van der Waals surface area (Å²) in [6.45, 7) is 0.329. The van der Waals surface area contributed by atoms with Crippen molar-refractivity contribution < 1.29 is 24.9 Å². The number of aryl methyl sites for hydroxylation is 1. The highest BCUT2D eigenvalue weighted by atomic mass is 16.4. The van der Waals surface area contributed by atoms with Crippen LogP contribution in [-0.4, -0.2) is 50.3 Å². The van der Waals surface area contributed by atoms with Crippen LogP contribution in [0.4, 0.5) is 0 Å². The number of nitrogens with zero attached hydrogens (tertiary/aromatic N) is 2. The Morgan fingerprint density at radius 1 is 1.29 bits per heavy atom. The zero-order valence-corrected chi connectivity index (χ0v) is 11.7. The van der Waals surface area contributed by atoms with E-state index in [4.69, 9.17) is 10.2 Å². The van der Waals surface area contributed by atoms with Crippen LogP contribution in [0.3, 0.4) is 0 Å². The van der Waals surface area contributed by atoms with Crippen molar-refractivity contribution in [3.63, 3.8) is 0 Å². The van der Waals surface area contributed by atoms with Gasteiger partial charge in [-0.25, -0.2) is 0 Å². The number of carboxylic acid groups (broad SMARTS) is 2. The van der Waals surface area contributed by atoms with Crippen molar-refractivity contribution in [3.05, 3.63) is 28.2 Å². The van der Waals surface area contributed by atoms with Gasteiger partial charge in [-0.1, -0.05) is 0 Å². The maximum atomic E-state index is 11.5. The lowest BCUT2D eigenvalue weighted by molar-refractivity contribution is -0.138. The minimum Gasteiger partial charge on any atom is -0.503 e. The molecule has 21 heavy (non-hydrogen) atoms. The molecule has 0 bridgehead atoms. The lowest BCUT2D eigenvalue weighted by Gasteiger charge is -2.18. The summed E-state index contributed by atoms with van der Waals surface area (Å²) in [4.78, 5) is 34.1. The number of aliphatic carboxylic acids is 2. The van der Waals surface area contributed by atoms with E-state index in [1.54, 1.807) is 11.6 Å². The Morgan fingerprint density at radius 3 is 2.52 bits per heavy atom. The number of aromatic nitrogens is 1. The van der Waals surface area contributed by atoms with Gasteiger partial charge in [0.1, 0.15) is 0 Å². The molecular formula is C13H18N2O6. The number of rotatable bonds is 8. The molecule has 1 heterocycles. The summed E-state index contributed by atoms with van der Waals surface area (Å²) < 4.78 is 1.57. The van der Waals surface area contributed by atoms with Gasteiger partial charge in [0.2, 0.25) is 5.43 Å². The monoisotopic (exact) mass is 298 g/mol. The Hall–Kier alpha value is -2.35. The predicted molar refractivity (Wildman–Crippen MR) is 73.2 cm³/mol. The maximum Gasteiger partial charge on any atom is 0.317 e. The normalized spacial score (nSPS) is 10.8. The van der Waals surface area contributed by atoms with E-state index >= 15 is 0 Å². The number of hydrogen-bond acceptors (Lipinski definition) is 5. The van der Waals surface area contributed by atoms with Gasteiger partial charge in [0.05, 0.1) is 12.7 Å². The predicted octanol–water partition coefficient (Wildman–Crippen LogP) is -0.0649. The van der Waals surface area contributed by atoms with Crippen molar-refractivity contribution >= 4 is 11.9 Å². The van der Waals surface area contributed by atoms with Crippen LogP contribution in [-0.2, 0) is 22.7 Å². The maximum absolute atomic E-state index is 11.5. The number of hydrogen-bond donors (Lipinski definition) is 3. The zero-order chi connectivity index (χ0) is 16.0. The number of carbonyl (C=O) groups is 2. The Bertz CT molecular complexity index is 581. The first-order valence-electron chi connectivity index (χ1n) is 6.34. The lowest BCUT2D eigenvalue weighted by Crippen LogP contribution is -2.27. The third-order valence-electron chi connectivity index (χ3n) is 2.82.